The fraction of sp³-hybridized carbons (Fsp3) is 0.250. The Kier molecular flexibility index (Phi) is 4.34. The number of nitrogens with one attached hydrogen (secondary N) is 2. The van der Waals surface area contributed by atoms with Crippen molar-refractivity contribution in [1.29, 1.82) is 0 Å². The Balaban J connectivity index is 1.51. The predicted octanol–water partition coefficient (Wildman–Crippen LogP) is 2.98. The molecule has 26 heavy (non-hydrogen) atoms. The summed E-state index contributed by atoms with van der Waals surface area (Å²) in [6.45, 7) is 3.50. The number of likely N-dealkylation sites (N-methyl/N-ethyl adjacent to an activating group) is 1. The lowest BCUT2D eigenvalue weighted by Gasteiger charge is -2.34. The highest BCUT2D eigenvalue weighted by molar-refractivity contribution is 6.31. The molecule has 4 rings (SSSR count). The minimum atomic E-state index is -0.255. The summed E-state index contributed by atoms with van der Waals surface area (Å²) in [4.78, 5) is 16.4. The summed E-state index contributed by atoms with van der Waals surface area (Å²) in [5.74, 6) is -0.414. The number of hydrogen-bond donors (Lipinski definition) is 2. The van der Waals surface area contributed by atoms with Crippen molar-refractivity contribution in [3.05, 3.63) is 60.0 Å². The summed E-state index contributed by atoms with van der Waals surface area (Å²) in [6, 6.07) is 12.6. The van der Waals surface area contributed by atoms with Gasteiger partial charge in [-0.1, -0.05) is 18.2 Å². The highest BCUT2D eigenvalue weighted by Gasteiger charge is 2.23. The molecule has 2 aliphatic heterocycles. The van der Waals surface area contributed by atoms with Gasteiger partial charge in [0.1, 0.15) is 5.82 Å². The van der Waals surface area contributed by atoms with E-state index in [1.165, 1.54) is 6.07 Å². The van der Waals surface area contributed by atoms with E-state index in [1.807, 2.05) is 30.3 Å². The van der Waals surface area contributed by atoms with Gasteiger partial charge in [-0.3, -0.25) is 4.79 Å². The van der Waals surface area contributed by atoms with Crippen molar-refractivity contribution in [2.24, 2.45) is 0 Å². The number of nitrogens with zero attached hydrogens (tertiary/aromatic N) is 2. The van der Waals surface area contributed by atoms with E-state index in [-0.39, 0.29) is 11.7 Å². The largest absolute Gasteiger partial charge is 0.367 e. The van der Waals surface area contributed by atoms with Gasteiger partial charge in [-0.2, -0.15) is 0 Å². The molecule has 134 valence electrons. The van der Waals surface area contributed by atoms with E-state index < -0.39 is 0 Å². The number of carbonyl (C=O) groups is 1. The van der Waals surface area contributed by atoms with E-state index in [0.29, 0.717) is 16.9 Å². The Morgan fingerprint density at radius 1 is 1.12 bits per heavy atom. The summed E-state index contributed by atoms with van der Waals surface area (Å²) in [5, 5.41) is 5.87. The quantitative estimate of drug-likeness (QED) is 0.834. The van der Waals surface area contributed by atoms with Crippen LogP contribution in [0.15, 0.2) is 48.7 Å². The molecule has 2 aliphatic rings. The Hall–Kier alpha value is -2.86. The van der Waals surface area contributed by atoms with Crippen LogP contribution in [0.3, 0.4) is 0 Å². The molecule has 0 aromatic heterocycles. The van der Waals surface area contributed by atoms with Gasteiger partial charge in [0.05, 0.1) is 11.3 Å². The first-order valence-electron chi connectivity index (χ1n) is 8.72. The molecular weight excluding hydrogens is 331 g/mol. The number of fused-ring (bicyclic) bond motifs is 1. The number of para-hydroxylation sites is 1. The zero-order valence-electron chi connectivity index (χ0n) is 14.6. The first-order valence-corrected chi connectivity index (χ1v) is 8.72. The second kappa shape index (κ2) is 6.80. The molecule has 0 saturated carbocycles. The summed E-state index contributed by atoms with van der Waals surface area (Å²) >= 11 is 0. The van der Waals surface area contributed by atoms with E-state index in [2.05, 4.69) is 27.5 Å². The number of benzene rings is 2. The second-order valence-corrected chi connectivity index (χ2v) is 6.66. The van der Waals surface area contributed by atoms with Crippen LogP contribution in [-0.4, -0.2) is 44.0 Å². The Morgan fingerprint density at radius 2 is 1.88 bits per heavy atom. The first-order chi connectivity index (χ1) is 12.6. The van der Waals surface area contributed by atoms with Gasteiger partial charge in [-0.15, -0.1) is 0 Å². The molecule has 1 amide bonds. The predicted molar refractivity (Wildman–Crippen MR) is 103 cm³/mol. The molecule has 2 aromatic carbocycles. The van der Waals surface area contributed by atoms with Gasteiger partial charge in [0, 0.05) is 49.3 Å². The van der Waals surface area contributed by atoms with E-state index in [0.717, 1.165) is 37.4 Å². The van der Waals surface area contributed by atoms with Crippen molar-refractivity contribution in [1.82, 2.24) is 4.90 Å². The summed E-state index contributed by atoms with van der Waals surface area (Å²) < 4.78 is 14.6. The van der Waals surface area contributed by atoms with Crippen LogP contribution >= 0.6 is 0 Å². The summed E-state index contributed by atoms with van der Waals surface area (Å²) in [5.41, 5.74) is 3.43. The van der Waals surface area contributed by atoms with Crippen molar-refractivity contribution >= 4 is 28.5 Å². The zero-order valence-corrected chi connectivity index (χ0v) is 14.6. The SMILES string of the molecule is CN1CCN(c2ccc(N/C=C3/C(=O)Nc4ccccc43)cc2F)CC1. The van der Waals surface area contributed by atoms with Gasteiger partial charge >= 0.3 is 0 Å². The number of rotatable bonds is 3. The van der Waals surface area contributed by atoms with Crippen LogP contribution in [0.1, 0.15) is 5.56 Å². The first kappa shape index (κ1) is 16.6. The minimum Gasteiger partial charge on any atom is -0.367 e. The number of hydrogen-bond acceptors (Lipinski definition) is 4. The molecule has 1 fully saturated rings. The molecule has 5 nitrogen and oxygen atoms in total. The smallest absolute Gasteiger partial charge is 0.257 e. The minimum absolute atomic E-state index is 0.159. The molecule has 0 radical (unpaired) electrons. The third kappa shape index (κ3) is 3.15. The molecule has 2 N–H and O–H groups in total. The number of halogens is 1. The van der Waals surface area contributed by atoms with Crippen LogP contribution in [0.4, 0.5) is 21.5 Å². The van der Waals surface area contributed by atoms with Gasteiger partial charge in [0.25, 0.3) is 5.91 Å². The van der Waals surface area contributed by atoms with Crippen LogP contribution < -0.4 is 15.5 Å². The van der Waals surface area contributed by atoms with E-state index >= 15 is 0 Å². The van der Waals surface area contributed by atoms with E-state index in [4.69, 9.17) is 0 Å². The maximum absolute atomic E-state index is 14.6. The molecule has 0 unspecified atom stereocenters. The zero-order chi connectivity index (χ0) is 18.1. The van der Waals surface area contributed by atoms with Crippen LogP contribution in [0.25, 0.3) is 5.57 Å². The van der Waals surface area contributed by atoms with Gasteiger partial charge < -0.3 is 20.4 Å². The number of anilines is 3. The van der Waals surface area contributed by atoms with E-state index in [1.54, 1.807) is 12.3 Å². The van der Waals surface area contributed by atoms with Crippen molar-refractivity contribution in [3.63, 3.8) is 0 Å². The Bertz CT molecular complexity index is 872. The molecule has 0 aliphatic carbocycles. The second-order valence-electron chi connectivity index (χ2n) is 6.66. The third-order valence-electron chi connectivity index (χ3n) is 4.88. The fourth-order valence-corrected chi connectivity index (χ4v) is 3.34. The highest BCUT2D eigenvalue weighted by Crippen LogP contribution is 2.31. The van der Waals surface area contributed by atoms with Crippen LogP contribution in [0.5, 0.6) is 0 Å². The number of piperazine rings is 1. The van der Waals surface area contributed by atoms with Crippen LogP contribution in [0.2, 0.25) is 0 Å². The van der Waals surface area contributed by atoms with Crippen LogP contribution in [0, 0.1) is 5.82 Å². The average molecular weight is 352 g/mol. The molecule has 2 aromatic rings. The monoisotopic (exact) mass is 352 g/mol. The molecule has 2 heterocycles. The average Bonchev–Trinajstić information content (AvgIpc) is 2.96. The van der Waals surface area contributed by atoms with Crippen molar-refractivity contribution < 1.29 is 9.18 Å². The standard InChI is InChI=1S/C20H21FN4O/c1-24-8-10-25(11-9-24)19-7-6-14(12-17(19)21)22-13-16-15-4-2-3-5-18(15)23-20(16)26/h2-7,12-13,22H,8-11H2,1H3,(H,23,26)/b16-13+. The molecule has 0 bridgehead atoms. The Morgan fingerprint density at radius 3 is 2.65 bits per heavy atom. The topological polar surface area (TPSA) is 47.6 Å². The lowest BCUT2D eigenvalue weighted by Crippen LogP contribution is -2.44. The maximum atomic E-state index is 14.6. The highest BCUT2D eigenvalue weighted by atomic mass is 19.1. The Labute approximate surface area is 152 Å². The lowest BCUT2D eigenvalue weighted by molar-refractivity contribution is -0.110. The molecule has 6 heteroatoms. The van der Waals surface area contributed by atoms with Gasteiger partial charge in [0.2, 0.25) is 0 Å². The van der Waals surface area contributed by atoms with Crippen LogP contribution in [-0.2, 0) is 4.79 Å². The molecule has 0 spiro atoms. The maximum Gasteiger partial charge on any atom is 0.257 e. The van der Waals surface area contributed by atoms with Crippen molar-refractivity contribution in [2.45, 2.75) is 0 Å². The van der Waals surface area contributed by atoms with Gasteiger partial charge in [-0.05, 0) is 31.3 Å². The number of carbonyl (C=O) groups excluding carboxylic acids is 1. The number of amides is 1. The normalized spacial score (nSPS) is 18.8. The van der Waals surface area contributed by atoms with Gasteiger partial charge in [0.15, 0.2) is 0 Å². The van der Waals surface area contributed by atoms with Gasteiger partial charge in [-0.25, -0.2) is 4.39 Å². The lowest BCUT2D eigenvalue weighted by atomic mass is 10.1. The molecule has 0 atom stereocenters. The molecule has 1 saturated heterocycles. The summed E-state index contributed by atoms with van der Waals surface area (Å²) in [6.07, 6.45) is 1.63. The molecular formula is C20H21FN4O. The van der Waals surface area contributed by atoms with Crippen molar-refractivity contribution in [2.75, 3.05) is 48.8 Å². The van der Waals surface area contributed by atoms with Crippen molar-refractivity contribution in [3.8, 4) is 0 Å². The summed E-state index contributed by atoms with van der Waals surface area (Å²) in [7, 11) is 2.07. The van der Waals surface area contributed by atoms with E-state index in [9.17, 15) is 9.18 Å². The fourth-order valence-electron chi connectivity index (χ4n) is 3.34. The third-order valence-corrected chi connectivity index (χ3v) is 4.88.